The van der Waals surface area contributed by atoms with Crippen molar-refractivity contribution in [3.05, 3.63) is 91.4 Å². The molecule has 0 saturated heterocycles. The van der Waals surface area contributed by atoms with Gasteiger partial charge in [-0.2, -0.15) is 8.42 Å². The maximum atomic E-state index is 12.9. The van der Waals surface area contributed by atoms with E-state index in [0.717, 1.165) is 6.07 Å². The lowest BCUT2D eigenvalue weighted by Crippen LogP contribution is -2.38. The zero-order valence-electron chi connectivity index (χ0n) is 14.3. The van der Waals surface area contributed by atoms with Gasteiger partial charge >= 0.3 is 0 Å². The highest BCUT2D eigenvalue weighted by molar-refractivity contribution is 7.87. The smallest absolute Gasteiger partial charge is 0.283 e. The Morgan fingerprint density at radius 2 is 1.31 bits per heavy atom. The quantitative estimate of drug-likeness (QED) is 0.239. The van der Waals surface area contributed by atoms with Gasteiger partial charge in [0.15, 0.2) is 4.75 Å². The minimum absolute atomic E-state index is 0.00452. The SMILES string of the molecule is O=S(=O)(O)C(c1ccc(O)cc1)(c1cc(Cl)c(Cl)c(Cl)c1)c1ccc(Cl)cc1O. The number of rotatable bonds is 4. The Balaban J connectivity index is 2.56. The number of phenolic OH excluding ortho intramolecular Hbond substituents is 2. The number of hydrogen-bond donors (Lipinski definition) is 3. The molecule has 0 aliphatic heterocycles. The van der Waals surface area contributed by atoms with Gasteiger partial charge in [0.1, 0.15) is 11.5 Å². The van der Waals surface area contributed by atoms with Gasteiger partial charge in [-0.15, -0.1) is 0 Å². The maximum Gasteiger partial charge on any atom is 0.283 e. The first-order valence-electron chi connectivity index (χ1n) is 7.89. The zero-order valence-corrected chi connectivity index (χ0v) is 18.1. The number of phenols is 2. The summed E-state index contributed by atoms with van der Waals surface area (Å²) < 4.78 is 33.9. The first kappa shape index (κ1) is 22.0. The fraction of sp³-hybridized carbons (Fsp3) is 0.0526. The van der Waals surface area contributed by atoms with Gasteiger partial charge in [0, 0.05) is 10.6 Å². The lowest BCUT2D eigenvalue weighted by atomic mass is 9.83. The molecule has 3 aromatic rings. The molecule has 0 fully saturated rings. The van der Waals surface area contributed by atoms with E-state index in [1.54, 1.807) is 0 Å². The zero-order chi connectivity index (χ0) is 21.6. The molecule has 0 heterocycles. The lowest BCUT2D eigenvalue weighted by Gasteiger charge is -2.33. The van der Waals surface area contributed by atoms with Gasteiger partial charge in [-0.3, -0.25) is 4.55 Å². The summed E-state index contributed by atoms with van der Waals surface area (Å²) >= 11 is 24.2. The third-order valence-corrected chi connectivity index (χ3v) is 7.29. The number of benzene rings is 3. The third-order valence-electron chi connectivity index (χ3n) is 4.39. The Kier molecular flexibility index (Phi) is 5.98. The van der Waals surface area contributed by atoms with E-state index in [-0.39, 0.29) is 42.5 Å². The second-order valence-corrected chi connectivity index (χ2v) is 9.31. The predicted octanol–water partition coefficient (Wildman–Crippen LogP) is 5.89. The summed E-state index contributed by atoms with van der Waals surface area (Å²) in [5, 5.41) is 20.2. The molecule has 152 valence electrons. The minimum atomic E-state index is -5.03. The Hall–Kier alpha value is -1.67. The standard InChI is InChI=1S/C19H12Cl4O5S/c20-12-3-6-14(17(25)9-12)19(29(26,27)28,10-1-4-13(24)5-2-10)11-7-15(21)18(23)16(22)8-11/h1-9,24-25H,(H,26,27,28). The van der Waals surface area contributed by atoms with Crippen LogP contribution in [0.25, 0.3) is 0 Å². The summed E-state index contributed by atoms with van der Waals surface area (Å²) in [5.41, 5.74) is -0.280. The summed E-state index contributed by atoms with van der Waals surface area (Å²) in [5.74, 6) is -0.629. The van der Waals surface area contributed by atoms with Crippen LogP contribution in [0.2, 0.25) is 20.1 Å². The van der Waals surface area contributed by atoms with E-state index >= 15 is 0 Å². The molecule has 10 heteroatoms. The van der Waals surface area contributed by atoms with Crippen LogP contribution in [-0.4, -0.2) is 23.2 Å². The van der Waals surface area contributed by atoms with Crippen LogP contribution < -0.4 is 0 Å². The van der Waals surface area contributed by atoms with E-state index in [0.29, 0.717) is 0 Å². The molecule has 0 aromatic heterocycles. The Bertz CT molecular complexity index is 1170. The summed E-state index contributed by atoms with van der Waals surface area (Å²) in [4.78, 5) is 0. The molecule has 0 bridgehead atoms. The normalized spacial score (nSPS) is 13.8. The molecule has 5 nitrogen and oxygen atoms in total. The van der Waals surface area contributed by atoms with Gasteiger partial charge in [-0.25, -0.2) is 0 Å². The van der Waals surface area contributed by atoms with Gasteiger partial charge in [0.05, 0.1) is 15.1 Å². The molecular formula is C19H12Cl4O5S. The fourth-order valence-electron chi connectivity index (χ4n) is 3.17. The maximum absolute atomic E-state index is 12.9. The van der Waals surface area contributed by atoms with Crippen LogP contribution in [0.15, 0.2) is 54.6 Å². The van der Waals surface area contributed by atoms with E-state index in [1.165, 1.54) is 48.5 Å². The summed E-state index contributed by atoms with van der Waals surface area (Å²) in [7, 11) is -5.03. The molecule has 3 aromatic carbocycles. The third kappa shape index (κ3) is 3.77. The highest BCUT2D eigenvalue weighted by Crippen LogP contribution is 2.49. The van der Waals surface area contributed by atoms with Crippen LogP contribution in [0.3, 0.4) is 0 Å². The number of halogens is 4. The van der Waals surface area contributed by atoms with Crippen LogP contribution in [-0.2, 0) is 14.9 Å². The number of aromatic hydroxyl groups is 2. The molecule has 1 unspecified atom stereocenters. The van der Waals surface area contributed by atoms with Crippen LogP contribution in [0.1, 0.15) is 16.7 Å². The van der Waals surface area contributed by atoms with Crippen molar-refractivity contribution in [2.75, 3.05) is 0 Å². The second-order valence-electron chi connectivity index (χ2n) is 6.12. The van der Waals surface area contributed by atoms with Crippen molar-refractivity contribution in [3.63, 3.8) is 0 Å². The minimum Gasteiger partial charge on any atom is -0.508 e. The van der Waals surface area contributed by atoms with E-state index in [4.69, 9.17) is 46.4 Å². The van der Waals surface area contributed by atoms with Gasteiger partial charge in [0.2, 0.25) is 0 Å². The van der Waals surface area contributed by atoms with Crippen molar-refractivity contribution in [1.29, 1.82) is 0 Å². The van der Waals surface area contributed by atoms with Crippen molar-refractivity contribution in [2.45, 2.75) is 4.75 Å². The van der Waals surface area contributed by atoms with Crippen LogP contribution in [0, 0.1) is 0 Å². The predicted molar refractivity (Wildman–Crippen MR) is 114 cm³/mol. The fourth-order valence-corrected chi connectivity index (χ4v) is 5.23. The molecule has 0 amide bonds. The van der Waals surface area contributed by atoms with Crippen molar-refractivity contribution in [1.82, 2.24) is 0 Å². The van der Waals surface area contributed by atoms with E-state index in [2.05, 4.69) is 0 Å². The summed E-state index contributed by atoms with van der Waals surface area (Å²) in [6.07, 6.45) is 0. The molecule has 0 spiro atoms. The van der Waals surface area contributed by atoms with Crippen LogP contribution >= 0.6 is 46.4 Å². The number of hydrogen-bond acceptors (Lipinski definition) is 4. The van der Waals surface area contributed by atoms with Crippen molar-refractivity contribution in [2.24, 2.45) is 0 Å². The van der Waals surface area contributed by atoms with Crippen molar-refractivity contribution >= 4 is 56.5 Å². The molecular weight excluding hydrogens is 482 g/mol. The average molecular weight is 494 g/mol. The van der Waals surface area contributed by atoms with Crippen molar-refractivity contribution < 1.29 is 23.2 Å². The van der Waals surface area contributed by atoms with E-state index in [9.17, 15) is 23.2 Å². The molecule has 0 aliphatic rings. The lowest BCUT2D eigenvalue weighted by molar-refractivity contribution is 0.440. The van der Waals surface area contributed by atoms with E-state index < -0.39 is 20.6 Å². The van der Waals surface area contributed by atoms with Gasteiger partial charge in [-0.05, 0) is 47.5 Å². The van der Waals surface area contributed by atoms with E-state index in [1.807, 2.05) is 0 Å². The highest BCUT2D eigenvalue weighted by Gasteiger charge is 2.50. The van der Waals surface area contributed by atoms with Gasteiger partial charge in [-0.1, -0.05) is 64.6 Å². The Morgan fingerprint density at radius 3 is 1.79 bits per heavy atom. The average Bonchev–Trinajstić information content (AvgIpc) is 2.62. The molecule has 1 atom stereocenters. The first-order valence-corrected chi connectivity index (χ1v) is 10.8. The van der Waals surface area contributed by atoms with Crippen LogP contribution in [0.5, 0.6) is 11.5 Å². The summed E-state index contributed by atoms with van der Waals surface area (Å²) in [6.45, 7) is 0. The topological polar surface area (TPSA) is 94.8 Å². The molecule has 0 aliphatic carbocycles. The molecule has 0 saturated carbocycles. The molecule has 3 rings (SSSR count). The van der Waals surface area contributed by atoms with Crippen molar-refractivity contribution in [3.8, 4) is 11.5 Å². The Labute approximate surface area is 186 Å². The largest absolute Gasteiger partial charge is 0.508 e. The van der Waals surface area contributed by atoms with Gasteiger partial charge in [0.25, 0.3) is 10.1 Å². The summed E-state index contributed by atoms with van der Waals surface area (Å²) in [6, 6.07) is 11.2. The molecule has 3 N–H and O–H groups in total. The van der Waals surface area contributed by atoms with Gasteiger partial charge < -0.3 is 10.2 Å². The Morgan fingerprint density at radius 1 is 0.759 bits per heavy atom. The molecule has 29 heavy (non-hydrogen) atoms. The second kappa shape index (κ2) is 7.87. The van der Waals surface area contributed by atoms with Crippen LogP contribution in [0.4, 0.5) is 0 Å². The highest BCUT2D eigenvalue weighted by atomic mass is 35.5. The monoisotopic (exact) mass is 492 g/mol. The first-order chi connectivity index (χ1) is 13.5. The molecule has 0 radical (unpaired) electrons.